The molecule has 2 aliphatic rings. The van der Waals surface area contributed by atoms with Crippen molar-refractivity contribution in [3.8, 4) is 11.1 Å². The lowest BCUT2D eigenvalue weighted by molar-refractivity contribution is -0.149. The Balaban J connectivity index is 1.38. The molecule has 1 aliphatic carbocycles. The van der Waals surface area contributed by atoms with Crippen molar-refractivity contribution in [3.05, 3.63) is 95.7 Å². The number of benzene rings is 3. The molecule has 252 valence electrons. The van der Waals surface area contributed by atoms with Crippen LogP contribution in [0.3, 0.4) is 0 Å². The van der Waals surface area contributed by atoms with Gasteiger partial charge in [-0.3, -0.25) is 9.69 Å². The van der Waals surface area contributed by atoms with Gasteiger partial charge in [-0.2, -0.15) is 0 Å². The smallest absolute Gasteiger partial charge is 0.411 e. The predicted molar refractivity (Wildman–Crippen MR) is 187 cm³/mol. The monoisotopic (exact) mass is 649 g/mol. The minimum Gasteiger partial charge on any atom is -0.464 e. The Kier molecular flexibility index (Phi) is 10.5. The Labute approximate surface area is 283 Å². The first kappa shape index (κ1) is 33.3. The maximum absolute atomic E-state index is 14.6. The van der Waals surface area contributed by atoms with E-state index in [1.807, 2.05) is 93.6 Å². The van der Waals surface area contributed by atoms with Crippen molar-refractivity contribution in [2.24, 2.45) is 5.92 Å². The number of aromatic nitrogens is 1. The number of carbonyl (C=O) groups is 3. The molecule has 0 radical (unpaired) electrons. The van der Waals surface area contributed by atoms with Crippen LogP contribution in [0.5, 0.6) is 0 Å². The SMILES string of the molecule is CCCCOC(=O)C(NC(=O)[C@H]1Cc2c([nH]c3ccccc23)[C@H](C2CCCCC2)N1C(=O)OC(C)C)c1ccc(-c2ccccc2)cc1. The molecule has 0 saturated heterocycles. The Hall–Kier alpha value is -4.59. The number of ether oxygens (including phenoxy) is 2. The molecule has 2 amide bonds. The molecule has 0 spiro atoms. The summed E-state index contributed by atoms with van der Waals surface area (Å²) in [5, 5.41) is 4.10. The lowest BCUT2D eigenvalue weighted by atomic mass is 9.78. The number of nitrogens with one attached hydrogen (secondary N) is 2. The second-order valence-corrected chi connectivity index (χ2v) is 13.4. The van der Waals surface area contributed by atoms with E-state index in [9.17, 15) is 14.4 Å². The zero-order valence-corrected chi connectivity index (χ0v) is 28.2. The highest BCUT2D eigenvalue weighted by atomic mass is 16.6. The van der Waals surface area contributed by atoms with Crippen molar-refractivity contribution in [2.75, 3.05) is 6.61 Å². The lowest BCUT2D eigenvalue weighted by Crippen LogP contribution is -2.57. The minimum absolute atomic E-state index is 0.168. The summed E-state index contributed by atoms with van der Waals surface area (Å²) < 4.78 is 11.5. The third-order valence-corrected chi connectivity index (χ3v) is 9.74. The van der Waals surface area contributed by atoms with Gasteiger partial charge in [0.15, 0.2) is 6.04 Å². The summed E-state index contributed by atoms with van der Waals surface area (Å²) in [5.41, 5.74) is 5.69. The molecule has 8 nitrogen and oxygen atoms in total. The van der Waals surface area contributed by atoms with Crippen LogP contribution in [-0.2, 0) is 25.5 Å². The van der Waals surface area contributed by atoms with Gasteiger partial charge in [0.1, 0.15) is 6.04 Å². The Bertz CT molecular complexity index is 1710. The van der Waals surface area contributed by atoms with Gasteiger partial charge in [0.25, 0.3) is 0 Å². The Morgan fingerprint density at radius 2 is 1.58 bits per heavy atom. The second-order valence-electron chi connectivity index (χ2n) is 13.4. The first-order valence-electron chi connectivity index (χ1n) is 17.6. The molecule has 2 heterocycles. The van der Waals surface area contributed by atoms with Gasteiger partial charge in [-0.15, -0.1) is 0 Å². The summed E-state index contributed by atoms with van der Waals surface area (Å²) in [5.74, 6) is -0.758. The van der Waals surface area contributed by atoms with Gasteiger partial charge < -0.3 is 19.8 Å². The van der Waals surface area contributed by atoms with Gasteiger partial charge in [0.05, 0.1) is 18.8 Å². The standard InChI is InChI=1S/C40H47N3O5/c1-4-5-24-47-39(45)35(29-22-20-28(21-23-29)27-14-8-6-9-15-27)42-38(44)34-25-32-31-18-12-13-19-33(31)41-36(32)37(30-16-10-7-11-17-30)43(34)40(46)48-26(2)3/h6,8-9,12-15,18-23,26,30,34-35,37,41H,4-5,7,10-11,16-17,24-25H2,1-3H3,(H,42,44)/t34-,35?,37+/m1/s1. The van der Waals surface area contributed by atoms with Gasteiger partial charge in [-0.1, -0.05) is 105 Å². The lowest BCUT2D eigenvalue weighted by Gasteiger charge is -2.45. The molecular weight excluding hydrogens is 602 g/mol. The molecule has 3 atom stereocenters. The third-order valence-electron chi connectivity index (χ3n) is 9.74. The summed E-state index contributed by atoms with van der Waals surface area (Å²) in [6.07, 6.45) is 6.25. The van der Waals surface area contributed by atoms with E-state index in [0.717, 1.165) is 78.2 Å². The van der Waals surface area contributed by atoms with E-state index < -0.39 is 30.1 Å². The normalized spacial score (nSPS) is 18.7. The van der Waals surface area contributed by atoms with Crippen LogP contribution in [0.15, 0.2) is 78.9 Å². The summed E-state index contributed by atoms with van der Waals surface area (Å²) in [6.45, 7) is 5.94. The molecule has 1 aliphatic heterocycles. The van der Waals surface area contributed by atoms with Crippen molar-refractivity contribution in [1.82, 2.24) is 15.2 Å². The predicted octanol–water partition coefficient (Wildman–Crippen LogP) is 8.43. The topological polar surface area (TPSA) is 101 Å². The maximum Gasteiger partial charge on any atom is 0.411 e. The van der Waals surface area contributed by atoms with Crippen LogP contribution in [0, 0.1) is 5.92 Å². The van der Waals surface area contributed by atoms with Crippen LogP contribution in [-0.4, -0.2) is 46.6 Å². The number of esters is 1. The average molecular weight is 650 g/mol. The highest BCUT2D eigenvalue weighted by Crippen LogP contribution is 2.46. The summed E-state index contributed by atoms with van der Waals surface area (Å²) >= 11 is 0. The minimum atomic E-state index is -1.04. The molecule has 4 aromatic rings. The largest absolute Gasteiger partial charge is 0.464 e. The number of H-pyrrole nitrogens is 1. The number of aromatic amines is 1. The van der Waals surface area contributed by atoms with Crippen molar-refractivity contribution in [1.29, 1.82) is 0 Å². The van der Waals surface area contributed by atoms with E-state index in [2.05, 4.69) is 16.4 Å². The number of unbranched alkanes of at least 4 members (excludes halogenated alkanes) is 1. The fraction of sp³-hybridized carbons (Fsp3) is 0.425. The number of amides is 2. The molecule has 1 unspecified atom stereocenters. The highest BCUT2D eigenvalue weighted by molar-refractivity contribution is 5.93. The average Bonchev–Trinajstić information content (AvgIpc) is 3.48. The second kappa shape index (κ2) is 15.1. The number of rotatable bonds is 10. The fourth-order valence-electron chi connectivity index (χ4n) is 7.37. The number of para-hydroxylation sites is 1. The number of nitrogens with zero attached hydrogens (tertiary/aromatic N) is 1. The molecule has 2 N–H and O–H groups in total. The van der Waals surface area contributed by atoms with Gasteiger partial charge >= 0.3 is 12.1 Å². The van der Waals surface area contributed by atoms with E-state index in [1.54, 1.807) is 4.90 Å². The number of hydrogen-bond donors (Lipinski definition) is 2. The Morgan fingerprint density at radius 1 is 0.896 bits per heavy atom. The first-order chi connectivity index (χ1) is 23.4. The van der Waals surface area contributed by atoms with Crippen LogP contribution < -0.4 is 5.32 Å². The van der Waals surface area contributed by atoms with Crippen LogP contribution in [0.25, 0.3) is 22.0 Å². The molecule has 1 fully saturated rings. The maximum atomic E-state index is 14.6. The van der Waals surface area contributed by atoms with Crippen LogP contribution in [0.2, 0.25) is 0 Å². The zero-order chi connectivity index (χ0) is 33.6. The number of hydrogen-bond acceptors (Lipinski definition) is 5. The first-order valence-corrected chi connectivity index (χ1v) is 17.6. The van der Waals surface area contributed by atoms with Gasteiger partial charge in [0.2, 0.25) is 5.91 Å². The molecule has 8 heteroatoms. The van der Waals surface area contributed by atoms with Crippen LogP contribution in [0.4, 0.5) is 4.79 Å². The molecule has 6 rings (SSSR count). The van der Waals surface area contributed by atoms with Crippen molar-refractivity contribution < 1.29 is 23.9 Å². The van der Waals surface area contributed by atoms with E-state index in [4.69, 9.17) is 9.47 Å². The van der Waals surface area contributed by atoms with Gasteiger partial charge in [0, 0.05) is 23.0 Å². The summed E-state index contributed by atoms with van der Waals surface area (Å²) in [7, 11) is 0. The molecule has 48 heavy (non-hydrogen) atoms. The van der Waals surface area contributed by atoms with Crippen molar-refractivity contribution in [2.45, 2.75) is 96.4 Å². The Morgan fingerprint density at radius 3 is 2.29 bits per heavy atom. The van der Waals surface area contributed by atoms with Crippen LogP contribution >= 0.6 is 0 Å². The van der Waals surface area contributed by atoms with E-state index in [-0.39, 0.29) is 24.7 Å². The zero-order valence-electron chi connectivity index (χ0n) is 28.2. The van der Waals surface area contributed by atoms with Crippen LogP contribution in [0.1, 0.15) is 94.6 Å². The van der Waals surface area contributed by atoms with E-state index in [0.29, 0.717) is 12.0 Å². The quantitative estimate of drug-likeness (QED) is 0.133. The van der Waals surface area contributed by atoms with Gasteiger partial charge in [-0.05, 0) is 67.3 Å². The molecule has 3 aromatic carbocycles. The highest BCUT2D eigenvalue weighted by Gasteiger charge is 2.47. The number of carbonyl (C=O) groups excluding carboxylic acids is 3. The molecule has 0 bridgehead atoms. The van der Waals surface area contributed by atoms with E-state index in [1.165, 1.54) is 0 Å². The van der Waals surface area contributed by atoms with Crippen molar-refractivity contribution in [3.63, 3.8) is 0 Å². The molecule has 1 aromatic heterocycles. The number of fused-ring (bicyclic) bond motifs is 3. The molecular formula is C40H47N3O5. The van der Waals surface area contributed by atoms with Crippen molar-refractivity contribution >= 4 is 28.9 Å². The molecule has 1 saturated carbocycles. The third kappa shape index (κ3) is 7.13. The fourth-order valence-corrected chi connectivity index (χ4v) is 7.37. The van der Waals surface area contributed by atoms with Gasteiger partial charge in [-0.25, -0.2) is 9.59 Å². The van der Waals surface area contributed by atoms with E-state index >= 15 is 0 Å². The summed E-state index contributed by atoms with van der Waals surface area (Å²) in [6, 6.07) is 23.5. The summed E-state index contributed by atoms with van der Waals surface area (Å²) in [4.78, 5) is 47.6.